The zero-order chi connectivity index (χ0) is 22.9. The van der Waals surface area contributed by atoms with Gasteiger partial charge in [0.25, 0.3) is 5.91 Å². The number of hydrazone groups is 1. The molecule has 3 amide bonds. The summed E-state index contributed by atoms with van der Waals surface area (Å²) in [5.74, 6) is 3.37. The van der Waals surface area contributed by atoms with E-state index in [9.17, 15) is 19.5 Å². The lowest BCUT2D eigenvalue weighted by atomic mass is 9.89. The maximum absolute atomic E-state index is 13.4. The average molecular weight is 430 g/mol. The third-order valence-electron chi connectivity index (χ3n) is 5.81. The zero-order valence-corrected chi connectivity index (χ0v) is 17.4. The van der Waals surface area contributed by atoms with E-state index < -0.39 is 30.0 Å². The molecule has 3 aromatic carbocycles. The summed E-state index contributed by atoms with van der Waals surface area (Å²) in [5.41, 5.74) is 0.773. The van der Waals surface area contributed by atoms with Crippen LogP contribution >= 0.6 is 0 Å². The number of imide groups is 1. The SMILES string of the molecule is C[C@]1(c2ccc(C=NN)cc2)C(=O)N(CC(=O)O)C(=O)N1Cc1ccc2ccccc2c1. The maximum atomic E-state index is 13.4. The fourth-order valence-electron chi connectivity index (χ4n) is 4.08. The van der Waals surface area contributed by atoms with Crippen LogP contribution in [0.25, 0.3) is 10.8 Å². The summed E-state index contributed by atoms with van der Waals surface area (Å²) < 4.78 is 0. The molecule has 3 aromatic rings. The molecule has 1 fully saturated rings. The molecular formula is C24H22N4O4. The van der Waals surface area contributed by atoms with Gasteiger partial charge in [0.15, 0.2) is 0 Å². The first-order valence-electron chi connectivity index (χ1n) is 10.0. The minimum Gasteiger partial charge on any atom is -0.480 e. The number of carbonyl (C=O) groups excluding carboxylic acids is 2. The van der Waals surface area contributed by atoms with Gasteiger partial charge >= 0.3 is 12.0 Å². The number of carboxylic acids is 1. The summed E-state index contributed by atoms with van der Waals surface area (Å²) in [6, 6.07) is 20.0. The predicted molar refractivity (Wildman–Crippen MR) is 120 cm³/mol. The number of benzene rings is 3. The van der Waals surface area contributed by atoms with Crippen LogP contribution in [-0.4, -0.2) is 45.6 Å². The number of rotatable bonds is 6. The largest absolute Gasteiger partial charge is 0.480 e. The number of aliphatic carboxylic acids is 1. The quantitative estimate of drug-likeness (QED) is 0.270. The minimum absolute atomic E-state index is 0.147. The Morgan fingerprint density at radius 3 is 2.41 bits per heavy atom. The Kier molecular flexibility index (Phi) is 5.36. The van der Waals surface area contributed by atoms with E-state index in [0.717, 1.165) is 26.8 Å². The van der Waals surface area contributed by atoms with Crippen molar-refractivity contribution in [2.75, 3.05) is 6.54 Å². The first kappa shape index (κ1) is 21.0. The Morgan fingerprint density at radius 2 is 1.75 bits per heavy atom. The molecule has 1 atom stereocenters. The van der Waals surface area contributed by atoms with Gasteiger partial charge in [-0.3, -0.25) is 14.5 Å². The number of urea groups is 1. The van der Waals surface area contributed by atoms with E-state index in [1.807, 2.05) is 42.5 Å². The topological polar surface area (TPSA) is 116 Å². The van der Waals surface area contributed by atoms with Crippen molar-refractivity contribution in [3.05, 3.63) is 83.4 Å². The number of hydrogen-bond acceptors (Lipinski definition) is 5. The van der Waals surface area contributed by atoms with Crippen molar-refractivity contribution in [2.24, 2.45) is 10.9 Å². The van der Waals surface area contributed by atoms with E-state index in [0.29, 0.717) is 5.56 Å². The van der Waals surface area contributed by atoms with Crippen LogP contribution in [0.5, 0.6) is 0 Å². The Hall–Kier alpha value is -4.20. The normalized spacial score (nSPS) is 18.8. The molecule has 0 aromatic heterocycles. The maximum Gasteiger partial charge on any atom is 0.328 e. The molecule has 1 heterocycles. The molecule has 4 rings (SSSR count). The summed E-state index contributed by atoms with van der Waals surface area (Å²) in [7, 11) is 0. The molecule has 1 saturated heterocycles. The van der Waals surface area contributed by atoms with Crippen LogP contribution in [0.2, 0.25) is 0 Å². The van der Waals surface area contributed by atoms with E-state index in [-0.39, 0.29) is 6.54 Å². The lowest BCUT2D eigenvalue weighted by molar-refractivity contribution is -0.143. The van der Waals surface area contributed by atoms with Crippen molar-refractivity contribution in [3.8, 4) is 0 Å². The number of nitrogens with two attached hydrogens (primary N) is 1. The molecule has 162 valence electrons. The number of hydrogen-bond donors (Lipinski definition) is 2. The number of fused-ring (bicyclic) bond motifs is 1. The summed E-state index contributed by atoms with van der Waals surface area (Å²) in [4.78, 5) is 40.1. The van der Waals surface area contributed by atoms with E-state index in [1.165, 1.54) is 11.1 Å². The van der Waals surface area contributed by atoms with Gasteiger partial charge in [-0.05, 0) is 40.5 Å². The Labute approximate surface area is 184 Å². The van der Waals surface area contributed by atoms with E-state index in [2.05, 4.69) is 5.10 Å². The minimum atomic E-state index is -1.36. The van der Waals surface area contributed by atoms with Gasteiger partial charge in [0.2, 0.25) is 0 Å². The third kappa shape index (κ3) is 3.56. The number of nitrogens with zero attached hydrogens (tertiary/aromatic N) is 3. The van der Waals surface area contributed by atoms with E-state index in [1.54, 1.807) is 31.2 Å². The standard InChI is InChI=1S/C24H22N4O4/c1-24(20-10-7-16(8-11-20)13-26-25)22(31)27(15-21(29)30)23(32)28(24)14-17-6-9-18-4-2-3-5-19(18)12-17/h2-13H,14-15,25H2,1H3,(H,29,30)/t24-/m0/s1. The number of amides is 3. The van der Waals surface area contributed by atoms with Crippen LogP contribution in [0.1, 0.15) is 23.6 Å². The summed E-state index contributed by atoms with van der Waals surface area (Å²) in [5, 5.41) is 14.8. The lowest BCUT2D eigenvalue weighted by Crippen LogP contribution is -2.44. The first-order valence-corrected chi connectivity index (χ1v) is 10.0. The van der Waals surface area contributed by atoms with Gasteiger partial charge < -0.3 is 15.8 Å². The second-order valence-corrected chi connectivity index (χ2v) is 7.81. The van der Waals surface area contributed by atoms with Gasteiger partial charge in [-0.25, -0.2) is 4.79 Å². The Morgan fingerprint density at radius 1 is 1.06 bits per heavy atom. The highest BCUT2D eigenvalue weighted by molar-refractivity contribution is 6.08. The van der Waals surface area contributed by atoms with Gasteiger partial charge in [-0.1, -0.05) is 60.7 Å². The van der Waals surface area contributed by atoms with Crippen molar-refractivity contribution >= 4 is 34.9 Å². The van der Waals surface area contributed by atoms with E-state index in [4.69, 9.17) is 5.84 Å². The van der Waals surface area contributed by atoms with Crippen molar-refractivity contribution in [3.63, 3.8) is 0 Å². The highest BCUT2D eigenvalue weighted by Crippen LogP contribution is 2.38. The van der Waals surface area contributed by atoms with Crippen LogP contribution in [0.4, 0.5) is 4.79 Å². The molecule has 0 spiro atoms. The second kappa shape index (κ2) is 8.14. The number of carbonyl (C=O) groups is 3. The molecule has 3 N–H and O–H groups in total. The summed E-state index contributed by atoms with van der Waals surface area (Å²) in [6.07, 6.45) is 1.47. The van der Waals surface area contributed by atoms with Gasteiger partial charge in [0.05, 0.1) is 6.21 Å². The third-order valence-corrected chi connectivity index (χ3v) is 5.81. The summed E-state index contributed by atoms with van der Waals surface area (Å²) in [6.45, 7) is 1.09. The highest BCUT2D eigenvalue weighted by atomic mass is 16.4. The Balaban J connectivity index is 1.77. The molecule has 0 bridgehead atoms. The molecule has 0 unspecified atom stereocenters. The second-order valence-electron chi connectivity index (χ2n) is 7.81. The molecule has 0 radical (unpaired) electrons. The summed E-state index contributed by atoms with van der Waals surface area (Å²) >= 11 is 0. The smallest absolute Gasteiger partial charge is 0.328 e. The molecule has 0 saturated carbocycles. The van der Waals surface area contributed by atoms with Crippen molar-refractivity contribution in [2.45, 2.75) is 19.0 Å². The average Bonchev–Trinajstić information content (AvgIpc) is 2.96. The fourth-order valence-corrected chi connectivity index (χ4v) is 4.08. The predicted octanol–water partition coefficient (Wildman–Crippen LogP) is 2.90. The van der Waals surface area contributed by atoms with E-state index >= 15 is 0 Å². The van der Waals surface area contributed by atoms with Gasteiger partial charge in [0, 0.05) is 6.54 Å². The zero-order valence-electron chi connectivity index (χ0n) is 17.4. The molecule has 1 aliphatic rings. The molecule has 1 aliphatic heterocycles. The van der Waals surface area contributed by atoms with Gasteiger partial charge in [-0.2, -0.15) is 5.10 Å². The lowest BCUT2D eigenvalue weighted by Gasteiger charge is -2.32. The monoisotopic (exact) mass is 430 g/mol. The first-order chi connectivity index (χ1) is 15.3. The van der Waals surface area contributed by atoms with Crippen LogP contribution in [-0.2, 0) is 21.7 Å². The van der Waals surface area contributed by atoms with Crippen molar-refractivity contribution in [1.29, 1.82) is 0 Å². The molecular weight excluding hydrogens is 408 g/mol. The van der Waals surface area contributed by atoms with Gasteiger partial charge in [0.1, 0.15) is 12.1 Å². The van der Waals surface area contributed by atoms with Gasteiger partial charge in [-0.15, -0.1) is 0 Å². The highest BCUT2D eigenvalue weighted by Gasteiger charge is 2.55. The molecule has 32 heavy (non-hydrogen) atoms. The molecule has 0 aliphatic carbocycles. The molecule has 8 nitrogen and oxygen atoms in total. The number of carboxylic acid groups (broad SMARTS) is 1. The fraction of sp³-hybridized carbons (Fsp3) is 0.167. The van der Waals surface area contributed by atoms with Crippen LogP contribution in [0.15, 0.2) is 71.8 Å². The Bertz CT molecular complexity index is 1240. The molecule has 8 heteroatoms. The van der Waals surface area contributed by atoms with Crippen molar-refractivity contribution < 1.29 is 19.5 Å². The van der Waals surface area contributed by atoms with Crippen molar-refractivity contribution in [1.82, 2.24) is 9.80 Å². The van der Waals surface area contributed by atoms with Crippen LogP contribution in [0, 0.1) is 0 Å². The van der Waals surface area contributed by atoms with Crippen LogP contribution < -0.4 is 5.84 Å². The van der Waals surface area contributed by atoms with Crippen LogP contribution in [0.3, 0.4) is 0 Å².